The Morgan fingerprint density at radius 2 is 2.00 bits per heavy atom. The fourth-order valence-corrected chi connectivity index (χ4v) is 2.52. The van der Waals surface area contributed by atoms with Gasteiger partial charge in [0.15, 0.2) is 0 Å². The molecule has 4 heteroatoms. The highest BCUT2D eigenvalue weighted by Crippen LogP contribution is 2.31. The van der Waals surface area contributed by atoms with E-state index in [-0.39, 0.29) is 0 Å². The predicted octanol–water partition coefficient (Wildman–Crippen LogP) is 3.16. The summed E-state index contributed by atoms with van der Waals surface area (Å²) in [4.78, 5) is 0. The van der Waals surface area contributed by atoms with Crippen molar-refractivity contribution >= 4 is 11.6 Å². The van der Waals surface area contributed by atoms with E-state index in [2.05, 4.69) is 31.2 Å². The van der Waals surface area contributed by atoms with Crippen molar-refractivity contribution in [1.82, 2.24) is 15.1 Å². The number of nitrogens with one attached hydrogen (secondary N) is 1. The normalized spacial score (nSPS) is 13.4. The Balaban J connectivity index is 3.01. The van der Waals surface area contributed by atoms with Crippen LogP contribution in [0.3, 0.4) is 0 Å². The Morgan fingerprint density at radius 1 is 1.38 bits per heavy atom. The van der Waals surface area contributed by atoms with Crippen LogP contribution < -0.4 is 5.32 Å². The first-order valence-corrected chi connectivity index (χ1v) is 6.44. The first-order chi connectivity index (χ1) is 7.65. The van der Waals surface area contributed by atoms with Crippen molar-refractivity contribution in [1.29, 1.82) is 0 Å². The van der Waals surface area contributed by atoms with E-state index >= 15 is 0 Å². The molecule has 1 heterocycles. The molecule has 0 aliphatic rings. The minimum absolute atomic E-state index is 0.306. The highest BCUT2D eigenvalue weighted by molar-refractivity contribution is 6.31. The first kappa shape index (κ1) is 13.5. The van der Waals surface area contributed by atoms with Gasteiger partial charge >= 0.3 is 0 Å². The Kier molecular flexibility index (Phi) is 5.29. The van der Waals surface area contributed by atoms with Gasteiger partial charge in [0.25, 0.3) is 0 Å². The van der Waals surface area contributed by atoms with Crippen LogP contribution in [0.5, 0.6) is 0 Å². The van der Waals surface area contributed by atoms with Gasteiger partial charge in [0.05, 0.1) is 23.0 Å². The average Bonchev–Trinajstić information content (AvgIpc) is 2.59. The van der Waals surface area contributed by atoms with Crippen molar-refractivity contribution in [3.63, 3.8) is 0 Å². The largest absolute Gasteiger partial charge is 0.309 e. The standard InChI is InChI=1S/C12H22ClN3/c1-5-9(6-2)11(14-7-3)12-10(13)8-15-16(12)4/h8-9,11,14H,5-7H2,1-4H3. The fourth-order valence-electron chi connectivity index (χ4n) is 2.24. The second-order valence-electron chi connectivity index (χ2n) is 4.11. The molecule has 0 bridgehead atoms. The fraction of sp³-hybridized carbons (Fsp3) is 0.750. The van der Waals surface area contributed by atoms with Crippen LogP contribution in [0.15, 0.2) is 6.20 Å². The molecule has 92 valence electrons. The third kappa shape index (κ3) is 2.77. The first-order valence-electron chi connectivity index (χ1n) is 6.06. The molecule has 0 spiro atoms. The monoisotopic (exact) mass is 243 g/mol. The molecule has 1 N–H and O–H groups in total. The molecule has 0 saturated heterocycles. The lowest BCUT2D eigenvalue weighted by Crippen LogP contribution is -2.29. The van der Waals surface area contributed by atoms with Gasteiger partial charge in [-0.3, -0.25) is 4.68 Å². The molecule has 0 fully saturated rings. The van der Waals surface area contributed by atoms with E-state index in [1.165, 1.54) is 0 Å². The molecule has 0 amide bonds. The molecular formula is C12H22ClN3. The second kappa shape index (κ2) is 6.26. The smallest absolute Gasteiger partial charge is 0.0834 e. The molecule has 16 heavy (non-hydrogen) atoms. The molecule has 1 unspecified atom stereocenters. The lowest BCUT2D eigenvalue weighted by atomic mass is 9.91. The van der Waals surface area contributed by atoms with Crippen molar-refractivity contribution in [3.05, 3.63) is 16.9 Å². The zero-order chi connectivity index (χ0) is 12.1. The van der Waals surface area contributed by atoms with Crippen molar-refractivity contribution in [3.8, 4) is 0 Å². The summed E-state index contributed by atoms with van der Waals surface area (Å²) < 4.78 is 1.88. The van der Waals surface area contributed by atoms with Crippen LogP contribution in [0, 0.1) is 5.92 Å². The van der Waals surface area contributed by atoms with Gasteiger partial charge < -0.3 is 5.32 Å². The number of halogens is 1. The van der Waals surface area contributed by atoms with Gasteiger partial charge in [0, 0.05) is 7.05 Å². The summed E-state index contributed by atoms with van der Waals surface area (Å²) in [5.74, 6) is 0.604. The minimum Gasteiger partial charge on any atom is -0.309 e. The number of nitrogens with zero attached hydrogens (tertiary/aromatic N) is 2. The summed E-state index contributed by atoms with van der Waals surface area (Å²) in [6.45, 7) is 7.52. The highest BCUT2D eigenvalue weighted by Gasteiger charge is 2.24. The Hall–Kier alpha value is -0.540. The van der Waals surface area contributed by atoms with Gasteiger partial charge in [-0.15, -0.1) is 0 Å². The van der Waals surface area contributed by atoms with Crippen LogP contribution in [0.2, 0.25) is 5.02 Å². The Labute approximate surface area is 103 Å². The van der Waals surface area contributed by atoms with Crippen LogP contribution in [-0.2, 0) is 7.05 Å². The molecule has 0 aliphatic heterocycles. The second-order valence-corrected chi connectivity index (χ2v) is 4.52. The van der Waals surface area contributed by atoms with Crippen molar-refractivity contribution in [2.45, 2.75) is 39.7 Å². The molecule has 0 aromatic carbocycles. The molecular weight excluding hydrogens is 222 g/mol. The van der Waals surface area contributed by atoms with E-state index in [0.717, 1.165) is 30.1 Å². The van der Waals surface area contributed by atoms with Crippen LogP contribution >= 0.6 is 11.6 Å². The van der Waals surface area contributed by atoms with Gasteiger partial charge in [-0.2, -0.15) is 5.10 Å². The lowest BCUT2D eigenvalue weighted by molar-refractivity contribution is 0.331. The molecule has 0 radical (unpaired) electrons. The minimum atomic E-state index is 0.306. The molecule has 0 saturated carbocycles. The summed E-state index contributed by atoms with van der Waals surface area (Å²) in [5, 5.41) is 8.50. The van der Waals surface area contributed by atoms with E-state index in [0.29, 0.717) is 12.0 Å². The van der Waals surface area contributed by atoms with Crippen molar-refractivity contribution in [2.24, 2.45) is 13.0 Å². The molecule has 1 aromatic heterocycles. The molecule has 1 rings (SSSR count). The van der Waals surface area contributed by atoms with E-state index in [1.807, 2.05) is 11.7 Å². The zero-order valence-corrected chi connectivity index (χ0v) is 11.4. The maximum absolute atomic E-state index is 6.21. The summed E-state index contributed by atoms with van der Waals surface area (Å²) in [7, 11) is 1.95. The van der Waals surface area contributed by atoms with Crippen LogP contribution in [0.4, 0.5) is 0 Å². The van der Waals surface area contributed by atoms with Crippen molar-refractivity contribution < 1.29 is 0 Å². The third-order valence-corrected chi connectivity index (χ3v) is 3.47. The average molecular weight is 244 g/mol. The number of hydrogen-bond donors (Lipinski definition) is 1. The number of hydrogen-bond acceptors (Lipinski definition) is 2. The molecule has 0 aliphatic carbocycles. The van der Waals surface area contributed by atoms with E-state index < -0.39 is 0 Å². The third-order valence-electron chi connectivity index (χ3n) is 3.18. The van der Waals surface area contributed by atoms with Gasteiger partial charge in [-0.05, 0) is 12.5 Å². The number of rotatable bonds is 6. The SMILES string of the molecule is CCNC(c1c(Cl)cnn1C)C(CC)CC. The van der Waals surface area contributed by atoms with Crippen LogP contribution in [-0.4, -0.2) is 16.3 Å². The summed E-state index contributed by atoms with van der Waals surface area (Å²) in [6.07, 6.45) is 4.02. The van der Waals surface area contributed by atoms with E-state index in [1.54, 1.807) is 6.20 Å². The van der Waals surface area contributed by atoms with Crippen LogP contribution in [0.25, 0.3) is 0 Å². The highest BCUT2D eigenvalue weighted by atomic mass is 35.5. The lowest BCUT2D eigenvalue weighted by Gasteiger charge is -2.26. The molecule has 1 aromatic rings. The predicted molar refractivity (Wildman–Crippen MR) is 68.7 cm³/mol. The van der Waals surface area contributed by atoms with E-state index in [4.69, 9.17) is 11.6 Å². The van der Waals surface area contributed by atoms with Gasteiger partial charge in [0.1, 0.15) is 0 Å². The summed E-state index contributed by atoms with van der Waals surface area (Å²) >= 11 is 6.21. The molecule has 1 atom stereocenters. The Bertz CT molecular complexity index is 299. The van der Waals surface area contributed by atoms with Gasteiger partial charge in [-0.1, -0.05) is 45.2 Å². The van der Waals surface area contributed by atoms with Crippen LogP contribution in [0.1, 0.15) is 45.3 Å². The quantitative estimate of drug-likeness (QED) is 0.832. The van der Waals surface area contributed by atoms with Gasteiger partial charge in [-0.25, -0.2) is 0 Å². The number of aromatic nitrogens is 2. The number of aryl methyl sites for hydroxylation is 1. The molecule has 3 nitrogen and oxygen atoms in total. The van der Waals surface area contributed by atoms with Gasteiger partial charge in [0.2, 0.25) is 0 Å². The summed E-state index contributed by atoms with van der Waals surface area (Å²) in [6, 6.07) is 0.306. The zero-order valence-electron chi connectivity index (χ0n) is 10.6. The van der Waals surface area contributed by atoms with Crippen molar-refractivity contribution in [2.75, 3.05) is 6.54 Å². The maximum Gasteiger partial charge on any atom is 0.0834 e. The maximum atomic E-state index is 6.21. The van der Waals surface area contributed by atoms with E-state index in [9.17, 15) is 0 Å². The summed E-state index contributed by atoms with van der Waals surface area (Å²) in [5.41, 5.74) is 1.11. The topological polar surface area (TPSA) is 29.9 Å². The Morgan fingerprint density at radius 3 is 2.38 bits per heavy atom.